The van der Waals surface area contributed by atoms with Gasteiger partial charge in [-0.25, -0.2) is 4.79 Å². The van der Waals surface area contributed by atoms with Crippen LogP contribution in [-0.4, -0.2) is 19.4 Å². The fraction of sp³-hybridized carbons (Fsp3) is 0.500. The van der Waals surface area contributed by atoms with Gasteiger partial charge in [0.1, 0.15) is 6.61 Å². The molecule has 0 aromatic heterocycles. The van der Waals surface area contributed by atoms with Crippen LogP contribution in [0.5, 0.6) is 0 Å². The zero-order chi connectivity index (χ0) is 9.56. The molecular weight excluding hydrogens is 454 g/mol. The van der Waals surface area contributed by atoms with Crippen LogP contribution in [0.2, 0.25) is 0 Å². The molecule has 0 N–H and O–H groups in total. The zero-order valence-electron chi connectivity index (χ0n) is 6.27. The number of carbonyl (C=O) groups excluding carboxylic acids is 1. The highest BCUT2D eigenvalue weighted by Gasteiger charge is 2.04. The Morgan fingerprint density at radius 2 is 2.00 bits per heavy atom. The lowest BCUT2D eigenvalue weighted by molar-refractivity contribution is 0.0671. The van der Waals surface area contributed by atoms with Gasteiger partial charge >= 0.3 is 6.16 Å². The van der Waals surface area contributed by atoms with Crippen molar-refractivity contribution in [2.24, 2.45) is 0 Å². The van der Waals surface area contributed by atoms with E-state index in [9.17, 15) is 4.79 Å². The standard InChI is InChI=1S/C6H7BrI2O3/c1-2-11-6(10)12-3-4(8)5(7)9/h2-3H2,1H3. The van der Waals surface area contributed by atoms with Crippen LogP contribution in [0.1, 0.15) is 6.92 Å². The van der Waals surface area contributed by atoms with Crippen molar-refractivity contribution in [3.8, 4) is 0 Å². The largest absolute Gasteiger partial charge is 0.508 e. The molecule has 0 spiro atoms. The van der Waals surface area contributed by atoms with Gasteiger partial charge in [-0.1, -0.05) is 0 Å². The molecule has 0 unspecified atom stereocenters. The third-order valence-corrected chi connectivity index (χ3v) is 4.54. The number of hydrogen-bond acceptors (Lipinski definition) is 3. The van der Waals surface area contributed by atoms with E-state index in [-0.39, 0.29) is 6.61 Å². The van der Waals surface area contributed by atoms with Gasteiger partial charge < -0.3 is 9.47 Å². The quantitative estimate of drug-likeness (QED) is 0.477. The van der Waals surface area contributed by atoms with Crippen molar-refractivity contribution in [3.05, 3.63) is 6.07 Å². The summed E-state index contributed by atoms with van der Waals surface area (Å²) in [4.78, 5) is 10.7. The van der Waals surface area contributed by atoms with Gasteiger partial charge in [0, 0.05) is 3.58 Å². The molecule has 0 atom stereocenters. The van der Waals surface area contributed by atoms with E-state index in [0.29, 0.717) is 6.61 Å². The van der Waals surface area contributed by atoms with E-state index >= 15 is 0 Å². The molecule has 0 heterocycles. The highest BCUT2D eigenvalue weighted by atomic mass is 127. The summed E-state index contributed by atoms with van der Waals surface area (Å²) in [6, 6.07) is 0. The van der Waals surface area contributed by atoms with E-state index in [1.54, 1.807) is 6.92 Å². The Bertz CT molecular complexity index is 189. The molecule has 0 amide bonds. The smallest absolute Gasteiger partial charge is 0.435 e. The first-order chi connectivity index (χ1) is 5.57. The molecule has 0 aliphatic rings. The minimum absolute atomic E-state index is 0.253. The average molecular weight is 461 g/mol. The summed E-state index contributed by atoms with van der Waals surface area (Å²) in [5.41, 5.74) is 0. The van der Waals surface area contributed by atoms with Crippen LogP contribution in [0, 0.1) is 0 Å². The van der Waals surface area contributed by atoms with Crippen molar-refractivity contribution in [3.63, 3.8) is 0 Å². The second kappa shape index (κ2) is 7.36. The number of ether oxygens (including phenoxy) is 2. The van der Waals surface area contributed by atoms with E-state index in [1.165, 1.54) is 0 Å². The number of halogens is 3. The Kier molecular flexibility index (Phi) is 7.95. The molecule has 70 valence electrons. The van der Waals surface area contributed by atoms with Crippen molar-refractivity contribution >= 4 is 67.3 Å². The maximum absolute atomic E-state index is 10.7. The van der Waals surface area contributed by atoms with Gasteiger partial charge in [-0.15, -0.1) is 0 Å². The Morgan fingerprint density at radius 1 is 1.42 bits per heavy atom. The summed E-state index contributed by atoms with van der Waals surface area (Å²) in [7, 11) is 0. The van der Waals surface area contributed by atoms with Crippen molar-refractivity contribution in [2.45, 2.75) is 6.92 Å². The predicted molar refractivity (Wildman–Crippen MR) is 67.0 cm³/mol. The first-order valence-corrected chi connectivity index (χ1v) is 6.02. The summed E-state index contributed by atoms with van der Waals surface area (Å²) >= 11 is 7.43. The fourth-order valence-electron chi connectivity index (χ4n) is 0.336. The van der Waals surface area contributed by atoms with E-state index in [2.05, 4.69) is 65.8 Å². The average Bonchev–Trinajstić information content (AvgIpc) is 2.00. The number of carbonyl (C=O) groups is 1. The lowest BCUT2D eigenvalue weighted by Crippen LogP contribution is -2.07. The number of hydrogen-bond donors (Lipinski definition) is 0. The van der Waals surface area contributed by atoms with Crippen molar-refractivity contribution in [1.29, 1.82) is 0 Å². The van der Waals surface area contributed by atoms with E-state index in [4.69, 9.17) is 4.74 Å². The molecule has 0 aromatic rings. The monoisotopic (exact) mass is 460 g/mol. The molecule has 0 saturated heterocycles. The first-order valence-electron chi connectivity index (χ1n) is 3.07. The molecule has 0 aliphatic heterocycles. The molecule has 0 bridgehead atoms. The zero-order valence-corrected chi connectivity index (χ0v) is 12.2. The Balaban J connectivity index is 3.69. The van der Waals surface area contributed by atoms with E-state index < -0.39 is 6.16 Å². The van der Waals surface area contributed by atoms with Crippen molar-refractivity contribution in [2.75, 3.05) is 13.2 Å². The van der Waals surface area contributed by atoms with Gasteiger partial charge in [0.15, 0.2) is 0 Å². The third kappa shape index (κ3) is 6.46. The summed E-state index contributed by atoms with van der Waals surface area (Å²) in [5, 5.41) is 0. The van der Waals surface area contributed by atoms with Gasteiger partial charge in [-0.2, -0.15) is 0 Å². The number of rotatable bonds is 3. The summed E-state index contributed by atoms with van der Waals surface area (Å²) < 4.78 is 11.2. The highest BCUT2D eigenvalue weighted by molar-refractivity contribution is 14.1. The van der Waals surface area contributed by atoms with Gasteiger partial charge in [0.05, 0.1) is 9.10 Å². The van der Waals surface area contributed by atoms with E-state index in [0.717, 1.165) is 6.07 Å². The van der Waals surface area contributed by atoms with Crippen LogP contribution in [0.25, 0.3) is 0 Å². The second-order valence-electron chi connectivity index (χ2n) is 1.64. The third-order valence-electron chi connectivity index (χ3n) is 0.784. The van der Waals surface area contributed by atoms with Crippen LogP contribution in [0.3, 0.4) is 0 Å². The maximum atomic E-state index is 10.7. The predicted octanol–water partition coefficient (Wildman–Crippen LogP) is 3.59. The summed E-state index contributed by atoms with van der Waals surface area (Å²) in [6.07, 6.45) is -0.628. The molecule has 0 aromatic carbocycles. The molecule has 3 nitrogen and oxygen atoms in total. The Hall–Kier alpha value is 0.950. The molecule has 0 radical (unpaired) electrons. The normalized spacial score (nSPS) is 12.0. The van der Waals surface area contributed by atoms with Gasteiger partial charge in [-0.05, 0) is 68.0 Å². The van der Waals surface area contributed by atoms with Gasteiger partial charge in [0.2, 0.25) is 0 Å². The van der Waals surface area contributed by atoms with Gasteiger partial charge in [0.25, 0.3) is 0 Å². The second-order valence-corrected chi connectivity index (χ2v) is 6.29. The minimum Gasteiger partial charge on any atom is -0.435 e. The molecule has 12 heavy (non-hydrogen) atoms. The minimum atomic E-state index is -0.628. The van der Waals surface area contributed by atoms with Crippen molar-refractivity contribution in [1.82, 2.24) is 0 Å². The lowest BCUT2D eigenvalue weighted by Gasteiger charge is -2.03. The van der Waals surface area contributed by atoms with Crippen molar-refractivity contribution < 1.29 is 14.3 Å². The van der Waals surface area contributed by atoms with Crippen LogP contribution in [0.4, 0.5) is 4.79 Å². The maximum Gasteiger partial charge on any atom is 0.508 e. The van der Waals surface area contributed by atoms with Crippen LogP contribution >= 0.6 is 61.1 Å². The molecule has 0 rings (SSSR count). The molecule has 6 heteroatoms. The molecule has 0 fully saturated rings. The van der Waals surface area contributed by atoms with E-state index in [1.807, 2.05) is 0 Å². The van der Waals surface area contributed by atoms with Crippen LogP contribution in [0.15, 0.2) is 6.07 Å². The Labute approximate surface area is 107 Å². The summed E-state index contributed by atoms with van der Waals surface area (Å²) in [6.45, 7) is 2.32. The highest BCUT2D eigenvalue weighted by Crippen LogP contribution is 2.24. The Morgan fingerprint density at radius 3 is 2.42 bits per heavy atom. The first kappa shape index (κ1) is 12.9. The van der Waals surface area contributed by atoms with Crippen LogP contribution in [-0.2, 0) is 9.47 Å². The lowest BCUT2D eigenvalue weighted by atomic mass is 10.7. The topological polar surface area (TPSA) is 35.5 Å². The van der Waals surface area contributed by atoms with Crippen LogP contribution < -0.4 is 0 Å². The molecule has 0 aliphatic carbocycles. The summed E-state index contributed by atoms with van der Waals surface area (Å²) in [5.74, 6) is 0. The SMILES string of the molecule is CCOC(=O)OCC(I)=C(Br)I. The van der Waals surface area contributed by atoms with Gasteiger partial charge in [-0.3, -0.25) is 0 Å². The molecule has 0 saturated carbocycles. The fourth-order valence-corrected chi connectivity index (χ4v) is 0.762. The molecular formula is C6H7BrI2O3.